The van der Waals surface area contributed by atoms with Crippen LogP contribution in [0.25, 0.3) is 0 Å². The lowest BCUT2D eigenvalue weighted by Gasteiger charge is -2.60. The number of hydrogen-bond donors (Lipinski definition) is 1. The molecule has 4 aliphatic carbocycles. The van der Waals surface area contributed by atoms with Gasteiger partial charge < -0.3 is 24.1 Å². The van der Waals surface area contributed by atoms with Gasteiger partial charge in [0.2, 0.25) is 0 Å². The van der Waals surface area contributed by atoms with E-state index in [-0.39, 0.29) is 16.6 Å². The Labute approximate surface area is 180 Å². The third-order valence-corrected chi connectivity index (χ3v) is 10.7. The van der Waals surface area contributed by atoms with E-state index in [0.717, 1.165) is 58.2 Å². The molecule has 6 rings (SSSR count). The first kappa shape index (κ1) is 20.2. The Morgan fingerprint density at radius 3 is 2.23 bits per heavy atom. The Balaban J connectivity index is 1.31. The van der Waals surface area contributed by atoms with Gasteiger partial charge in [0.1, 0.15) is 5.60 Å². The summed E-state index contributed by atoms with van der Waals surface area (Å²) in [5, 5.41) is 12.0. The fourth-order valence-corrected chi connectivity index (χ4v) is 8.86. The van der Waals surface area contributed by atoms with Gasteiger partial charge in [-0.2, -0.15) is 0 Å². The summed E-state index contributed by atoms with van der Waals surface area (Å²) in [6.45, 7) is 9.45. The van der Waals surface area contributed by atoms with E-state index in [1.807, 2.05) is 6.92 Å². The number of ether oxygens (including phenoxy) is 4. The fourth-order valence-electron chi connectivity index (χ4n) is 8.86. The number of rotatable bonds is 1. The Morgan fingerprint density at radius 1 is 0.833 bits per heavy atom. The molecule has 0 bridgehead atoms. The lowest BCUT2D eigenvalue weighted by Crippen LogP contribution is -2.63. The van der Waals surface area contributed by atoms with E-state index in [0.29, 0.717) is 31.0 Å². The Hall–Kier alpha value is -0.460. The molecule has 168 valence electrons. The lowest BCUT2D eigenvalue weighted by atomic mass is 9.46. The van der Waals surface area contributed by atoms with Crippen LogP contribution in [0.5, 0.6) is 0 Å². The summed E-state index contributed by atoms with van der Waals surface area (Å²) < 4.78 is 24.2. The highest BCUT2D eigenvalue weighted by molar-refractivity contribution is 5.28. The van der Waals surface area contributed by atoms with Crippen molar-refractivity contribution in [3.63, 3.8) is 0 Å². The zero-order chi connectivity index (χ0) is 20.8. The second-order valence-electron chi connectivity index (χ2n) is 11.5. The van der Waals surface area contributed by atoms with E-state index in [1.54, 1.807) is 5.57 Å². The van der Waals surface area contributed by atoms with Crippen LogP contribution in [-0.2, 0) is 18.9 Å². The summed E-state index contributed by atoms with van der Waals surface area (Å²) in [5.41, 5.74) is 0.764. The molecule has 2 heterocycles. The standard InChI is InChI=1S/C25H38O5/c1-21-10-11-24(29-14-15-30-24)16-17(21)4-5-18-19(21)6-8-22(2)20(18)7-9-25(22,26)23(3)27-12-13-28-23/h4,18-20,26H,5-16H2,1-3H3. The number of hydrogen-bond acceptors (Lipinski definition) is 5. The molecule has 0 aromatic rings. The van der Waals surface area contributed by atoms with Crippen LogP contribution in [0.15, 0.2) is 11.6 Å². The highest BCUT2D eigenvalue weighted by atomic mass is 16.8. The third-order valence-electron chi connectivity index (χ3n) is 10.7. The second-order valence-corrected chi connectivity index (χ2v) is 11.5. The van der Waals surface area contributed by atoms with Gasteiger partial charge >= 0.3 is 0 Å². The molecule has 5 nitrogen and oxygen atoms in total. The third kappa shape index (κ3) is 2.37. The molecule has 6 atom stereocenters. The zero-order valence-electron chi connectivity index (χ0n) is 18.9. The minimum absolute atomic E-state index is 0.150. The molecule has 0 aromatic carbocycles. The van der Waals surface area contributed by atoms with Crippen molar-refractivity contribution < 1.29 is 24.1 Å². The van der Waals surface area contributed by atoms with Gasteiger partial charge in [-0.1, -0.05) is 25.5 Å². The molecule has 5 heteroatoms. The minimum Gasteiger partial charge on any atom is -0.384 e. The van der Waals surface area contributed by atoms with Gasteiger partial charge in [0.15, 0.2) is 11.6 Å². The first-order chi connectivity index (χ1) is 14.3. The molecule has 1 N–H and O–H groups in total. The first-order valence-electron chi connectivity index (χ1n) is 12.2. The Kier molecular flexibility index (Phi) is 4.25. The highest BCUT2D eigenvalue weighted by Gasteiger charge is 2.70. The average molecular weight is 419 g/mol. The number of fused-ring (bicyclic) bond motifs is 5. The van der Waals surface area contributed by atoms with E-state index in [4.69, 9.17) is 18.9 Å². The van der Waals surface area contributed by atoms with Crippen LogP contribution in [0.1, 0.15) is 72.1 Å². The van der Waals surface area contributed by atoms with Crippen molar-refractivity contribution >= 4 is 0 Å². The average Bonchev–Trinajstić information content (AvgIpc) is 3.43. The molecular formula is C25H38O5. The van der Waals surface area contributed by atoms with Crippen LogP contribution in [0, 0.1) is 28.6 Å². The summed E-state index contributed by atoms with van der Waals surface area (Å²) in [4.78, 5) is 0. The molecule has 30 heavy (non-hydrogen) atoms. The molecule has 0 aromatic heterocycles. The predicted molar refractivity (Wildman–Crippen MR) is 112 cm³/mol. The SMILES string of the molecule is CC12CCC3(CC1=CCC1C2CCC2(C)C1CCC2(O)C1(C)OCCO1)OCCO3. The Bertz CT molecular complexity index is 751. The maximum Gasteiger partial charge on any atom is 0.195 e. The van der Waals surface area contributed by atoms with Crippen LogP contribution < -0.4 is 0 Å². The van der Waals surface area contributed by atoms with E-state index in [9.17, 15) is 5.11 Å². The van der Waals surface area contributed by atoms with Gasteiger partial charge in [-0.25, -0.2) is 0 Å². The highest BCUT2D eigenvalue weighted by Crippen LogP contribution is 2.69. The summed E-state index contributed by atoms with van der Waals surface area (Å²) in [6.07, 6.45) is 10.8. The fraction of sp³-hybridized carbons (Fsp3) is 0.920. The van der Waals surface area contributed by atoms with Gasteiger partial charge in [-0.15, -0.1) is 0 Å². The molecule has 2 saturated heterocycles. The molecular weight excluding hydrogens is 380 g/mol. The maximum atomic E-state index is 12.0. The smallest absolute Gasteiger partial charge is 0.195 e. The monoisotopic (exact) mass is 418 g/mol. The van der Waals surface area contributed by atoms with Gasteiger partial charge in [-0.3, -0.25) is 0 Å². The van der Waals surface area contributed by atoms with Crippen molar-refractivity contribution in [2.24, 2.45) is 28.6 Å². The molecule has 6 unspecified atom stereocenters. The second kappa shape index (κ2) is 6.32. The molecule has 3 saturated carbocycles. The largest absolute Gasteiger partial charge is 0.384 e. The molecule has 0 radical (unpaired) electrons. The summed E-state index contributed by atoms with van der Waals surface area (Å²) in [7, 11) is 0. The first-order valence-corrected chi connectivity index (χ1v) is 12.2. The summed E-state index contributed by atoms with van der Waals surface area (Å²) in [5.74, 6) is 0.638. The van der Waals surface area contributed by atoms with Gasteiger partial charge in [0.25, 0.3) is 0 Å². The minimum atomic E-state index is -0.904. The van der Waals surface area contributed by atoms with Crippen LogP contribution in [0.4, 0.5) is 0 Å². The van der Waals surface area contributed by atoms with Gasteiger partial charge in [0, 0.05) is 18.3 Å². The van der Waals surface area contributed by atoms with Crippen LogP contribution in [0.3, 0.4) is 0 Å². The number of aliphatic hydroxyl groups is 1. The van der Waals surface area contributed by atoms with Crippen molar-refractivity contribution in [2.45, 2.75) is 89.3 Å². The van der Waals surface area contributed by atoms with E-state index in [2.05, 4.69) is 19.9 Å². The van der Waals surface area contributed by atoms with Gasteiger partial charge in [-0.05, 0) is 68.6 Å². The van der Waals surface area contributed by atoms with Crippen molar-refractivity contribution in [1.82, 2.24) is 0 Å². The zero-order valence-corrected chi connectivity index (χ0v) is 18.9. The molecule has 1 spiro atoms. The maximum absolute atomic E-state index is 12.0. The van der Waals surface area contributed by atoms with Crippen molar-refractivity contribution in [3.8, 4) is 0 Å². The topological polar surface area (TPSA) is 57.2 Å². The van der Waals surface area contributed by atoms with E-state index < -0.39 is 11.4 Å². The summed E-state index contributed by atoms with van der Waals surface area (Å²) >= 11 is 0. The predicted octanol–water partition coefficient (Wildman–Crippen LogP) is 4.19. The van der Waals surface area contributed by atoms with Crippen molar-refractivity contribution in [3.05, 3.63) is 11.6 Å². The van der Waals surface area contributed by atoms with Crippen LogP contribution in [-0.4, -0.2) is 48.7 Å². The van der Waals surface area contributed by atoms with Crippen LogP contribution in [0.2, 0.25) is 0 Å². The Morgan fingerprint density at radius 2 is 1.50 bits per heavy atom. The lowest BCUT2D eigenvalue weighted by molar-refractivity contribution is -0.299. The molecule has 0 amide bonds. The van der Waals surface area contributed by atoms with E-state index >= 15 is 0 Å². The van der Waals surface area contributed by atoms with E-state index in [1.165, 1.54) is 6.42 Å². The molecule has 5 fully saturated rings. The molecule has 2 aliphatic heterocycles. The molecule has 6 aliphatic rings. The quantitative estimate of drug-likeness (QED) is 0.647. The van der Waals surface area contributed by atoms with Crippen molar-refractivity contribution in [1.29, 1.82) is 0 Å². The van der Waals surface area contributed by atoms with Gasteiger partial charge in [0.05, 0.1) is 26.4 Å². The normalized spacial score (nSPS) is 51.3. The number of allylic oxidation sites excluding steroid dienone is 1. The summed E-state index contributed by atoms with van der Waals surface area (Å²) in [6, 6.07) is 0. The van der Waals surface area contributed by atoms with Crippen molar-refractivity contribution in [2.75, 3.05) is 26.4 Å². The van der Waals surface area contributed by atoms with Crippen LogP contribution >= 0.6 is 0 Å².